The Morgan fingerprint density at radius 1 is 0.889 bits per heavy atom. The average molecular weight is 138 g/mol. The highest BCUT2D eigenvalue weighted by molar-refractivity contribution is 6.08. The number of benzene rings is 1. The highest BCUT2D eigenvalue weighted by Gasteiger charge is 1.57. The van der Waals surface area contributed by atoms with E-state index in [2.05, 4.69) is 6.92 Å². The fourth-order valence-electron chi connectivity index (χ4n) is 0.385. The summed E-state index contributed by atoms with van der Waals surface area (Å²) in [6.07, 6.45) is 0. The molecule has 0 aromatic heterocycles. The summed E-state index contributed by atoms with van der Waals surface area (Å²) in [5.41, 5.74) is 0. The lowest BCUT2D eigenvalue weighted by Crippen LogP contribution is -1.47. The molecule has 0 atom stereocenters. The molecule has 1 rings (SSSR count). The van der Waals surface area contributed by atoms with Crippen LogP contribution in [0.15, 0.2) is 36.4 Å². The molecule has 0 unspecified atom stereocenters. The van der Waals surface area contributed by atoms with Gasteiger partial charge in [0.05, 0.1) is 0 Å². The summed E-state index contributed by atoms with van der Waals surface area (Å²) in [5.74, 6) is 0. The molecular weight excluding hydrogens is 124 g/mol. The zero-order valence-corrected chi connectivity index (χ0v) is 8.17. The molecule has 1 aromatic rings. The first kappa shape index (κ1) is 8.44. The van der Waals surface area contributed by atoms with Gasteiger partial charge in [0.25, 0.3) is 0 Å². The number of rotatable bonds is 0. The zero-order valence-electron chi connectivity index (χ0n) is 6.17. The molecule has 0 saturated carbocycles. The number of hydrogen-bond acceptors (Lipinski definition) is 0. The van der Waals surface area contributed by atoms with E-state index >= 15 is 0 Å². The molecule has 0 radical (unpaired) electrons. The molecule has 50 valence electrons. The van der Waals surface area contributed by atoms with E-state index in [0.717, 1.165) is 0 Å². The molecule has 0 aliphatic carbocycles. The molecule has 0 bridgehead atoms. The first-order valence-electron chi connectivity index (χ1n) is 3.41. The Morgan fingerprint density at radius 2 is 1.00 bits per heavy atom. The summed E-state index contributed by atoms with van der Waals surface area (Å²) < 4.78 is 0. The van der Waals surface area contributed by atoms with Crippen LogP contribution < -0.4 is 0 Å². The molecule has 0 aliphatic heterocycles. The lowest BCUT2D eigenvalue weighted by molar-refractivity contribution is 1.48. The van der Waals surface area contributed by atoms with Gasteiger partial charge in [-0.2, -0.15) is 0 Å². The maximum Gasteiger partial charge on any atom is 0.00244 e. The van der Waals surface area contributed by atoms with Crippen LogP contribution in [0.4, 0.5) is 0 Å². The summed E-state index contributed by atoms with van der Waals surface area (Å²) in [7, 11) is 1.37. The van der Waals surface area contributed by atoms with E-state index in [0.29, 0.717) is 0 Å². The van der Waals surface area contributed by atoms with E-state index in [9.17, 15) is 0 Å². The van der Waals surface area contributed by atoms with Gasteiger partial charge >= 0.3 is 0 Å². The molecule has 0 fully saturated rings. The predicted octanol–water partition coefficient (Wildman–Crippen LogP) is 1.48. The van der Waals surface area contributed by atoms with Gasteiger partial charge in [-0.05, 0) is 0 Å². The van der Waals surface area contributed by atoms with Crippen LogP contribution in [0.5, 0.6) is 0 Å². The fraction of sp³-hybridized carbons (Fsp3) is 0.250. The van der Waals surface area contributed by atoms with Crippen molar-refractivity contribution in [1.29, 1.82) is 0 Å². The van der Waals surface area contributed by atoms with E-state index < -0.39 is 0 Å². The van der Waals surface area contributed by atoms with Crippen LogP contribution >= 0.6 is 0 Å². The smallest absolute Gasteiger partial charge is 0.00244 e. The van der Waals surface area contributed by atoms with Gasteiger partial charge in [-0.1, -0.05) is 49.4 Å². The molecule has 0 aliphatic rings. The molecule has 1 aromatic carbocycles. The van der Waals surface area contributed by atoms with E-state index in [1.807, 2.05) is 36.4 Å². The monoisotopic (exact) mass is 138 g/mol. The maximum absolute atomic E-state index is 2.19. The predicted molar refractivity (Wildman–Crippen MR) is 46.9 cm³/mol. The van der Waals surface area contributed by atoms with Gasteiger partial charge in [-0.3, -0.25) is 0 Å². The molecule has 1 heteroatoms. The third-order valence-electron chi connectivity index (χ3n) is 0.667. The minimum atomic E-state index is 1.37. The van der Waals surface area contributed by atoms with Crippen molar-refractivity contribution < 1.29 is 0 Å². The Labute approximate surface area is 60.3 Å². The highest BCUT2D eigenvalue weighted by Crippen LogP contribution is 1.79. The second-order valence-corrected chi connectivity index (χ2v) is 3.28. The van der Waals surface area contributed by atoms with Gasteiger partial charge in [0.1, 0.15) is 0 Å². The Morgan fingerprint density at radius 3 is 1.11 bits per heavy atom. The minimum Gasteiger partial charge on any atom is -0.0686 e. The number of hydrogen-bond donors (Lipinski definition) is 0. The average Bonchev–Trinajstić information content (AvgIpc) is 1.93. The zero-order chi connectivity index (χ0) is 6.95. The molecule has 0 saturated heterocycles. The standard InChI is InChI=1S/C6H6.C2H8Si/c1-2-4-6-5-3-1;1-2-3/h1-6H;2H2,1,3H3. The lowest BCUT2D eigenvalue weighted by Gasteiger charge is -1.69. The molecule has 0 heterocycles. The highest BCUT2D eigenvalue weighted by atomic mass is 28.1. The second-order valence-electron chi connectivity index (χ2n) is 1.86. The first-order chi connectivity index (χ1) is 4.41. The lowest BCUT2D eigenvalue weighted by atomic mass is 10.4. The normalized spacial score (nSPS) is 7.67. The summed E-state index contributed by atoms with van der Waals surface area (Å²) in [6, 6.07) is 13.4. The molecule has 9 heavy (non-hydrogen) atoms. The van der Waals surface area contributed by atoms with Gasteiger partial charge in [-0.15, -0.1) is 0 Å². The summed E-state index contributed by atoms with van der Waals surface area (Å²) >= 11 is 0. The van der Waals surface area contributed by atoms with Gasteiger partial charge in [0, 0.05) is 10.2 Å². The maximum atomic E-state index is 2.19. The van der Waals surface area contributed by atoms with Crippen LogP contribution in [0, 0.1) is 0 Å². The van der Waals surface area contributed by atoms with Crippen molar-refractivity contribution in [2.24, 2.45) is 0 Å². The van der Waals surface area contributed by atoms with Crippen LogP contribution in [-0.2, 0) is 0 Å². The van der Waals surface area contributed by atoms with E-state index in [1.165, 1.54) is 16.3 Å². The van der Waals surface area contributed by atoms with Gasteiger partial charge in [0.2, 0.25) is 0 Å². The third-order valence-corrected chi connectivity index (χ3v) is 0.667. The SMILES string of the molecule is CC[SiH3].c1ccccc1. The van der Waals surface area contributed by atoms with Crippen LogP contribution in [0.3, 0.4) is 0 Å². The fourth-order valence-corrected chi connectivity index (χ4v) is 0.385. The van der Waals surface area contributed by atoms with E-state index in [4.69, 9.17) is 0 Å². The minimum absolute atomic E-state index is 1.37. The van der Waals surface area contributed by atoms with Crippen molar-refractivity contribution >= 4 is 10.2 Å². The van der Waals surface area contributed by atoms with Crippen LogP contribution in [0.2, 0.25) is 6.04 Å². The quantitative estimate of drug-likeness (QED) is 0.476. The Bertz CT molecular complexity index is 87.4. The summed E-state index contributed by atoms with van der Waals surface area (Å²) in [4.78, 5) is 0. The summed E-state index contributed by atoms with van der Waals surface area (Å²) in [5, 5.41) is 0. The molecule has 0 spiro atoms. The van der Waals surface area contributed by atoms with E-state index in [-0.39, 0.29) is 0 Å². The molecule has 0 nitrogen and oxygen atoms in total. The van der Waals surface area contributed by atoms with Crippen molar-refractivity contribution in [2.75, 3.05) is 0 Å². The van der Waals surface area contributed by atoms with E-state index in [1.54, 1.807) is 0 Å². The molecule has 0 amide bonds. The van der Waals surface area contributed by atoms with Crippen molar-refractivity contribution in [3.8, 4) is 0 Å². The second kappa shape index (κ2) is 7.44. The Hall–Kier alpha value is -0.563. The summed E-state index contributed by atoms with van der Waals surface area (Å²) in [6.45, 7) is 2.19. The van der Waals surface area contributed by atoms with Crippen molar-refractivity contribution in [1.82, 2.24) is 0 Å². The largest absolute Gasteiger partial charge is 0.0686 e. The third kappa shape index (κ3) is 7.44. The Kier molecular flexibility index (Phi) is 6.97. The van der Waals surface area contributed by atoms with Crippen molar-refractivity contribution in [3.63, 3.8) is 0 Å². The van der Waals surface area contributed by atoms with Gasteiger partial charge < -0.3 is 0 Å². The van der Waals surface area contributed by atoms with Crippen LogP contribution in [0.25, 0.3) is 0 Å². The molecule has 0 N–H and O–H groups in total. The van der Waals surface area contributed by atoms with Crippen LogP contribution in [0.1, 0.15) is 6.92 Å². The first-order valence-corrected chi connectivity index (χ1v) is 4.83. The van der Waals surface area contributed by atoms with Crippen LogP contribution in [-0.4, -0.2) is 10.2 Å². The van der Waals surface area contributed by atoms with Gasteiger partial charge in [0.15, 0.2) is 0 Å². The van der Waals surface area contributed by atoms with Crippen molar-refractivity contribution in [2.45, 2.75) is 13.0 Å². The Balaban J connectivity index is 0.000000187. The molecular formula is C8H14Si. The topological polar surface area (TPSA) is 0 Å². The van der Waals surface area contributed by atoms with Gasteiger partial charge in [-0.25, -0.2) is 0 Å². The van der Waals surface area contributed by atoms with Crippen molar-refractivity contribution in [3.05, 3.63) is 36.4 Å².